The highest BCUT2D eigenvalue weighted by molar-refractivity contribution is 6.30. The van der Waals surface area contributed by atoms with Gasteiger partial charge in [-0.3, -0.25) is 14.5 Å². The first-order chi connectivity index (χ1) is 22.6. The molecule has 0 spiro atoms. The summed E-state index contributed by atoms with van der Waals surface area (Å²) in [5.41, 5.74) is 3.68. The molecule has 1 saturated heterocycles. The van der Waals surface area contributed by atoms with Gasteiger partial charge in [0, 0.05) is 55.1 Å². The number of carbonyl (C=O) groups excluding carboxylic acids is 2. The molecule has 0 saturated carbocycles. The number of piperazine rings is 1. The van der Waals surface area contributed by atoms with E-state index in [1.807, 2.05) is 42.2 Å². The molecule has 3 unspecified atom stereocenters. The van der Waals surface area contributed by atoms with Crippen molar-refractivity contribution in [3.63, 3.8) is 0 Å². The van der Waals surface area contributed by atoms with Gasteiger partial charge in [0.2, 0.25) is 11.8 Å². The zero-order chi connectivity index (χ0) is 34.3. The molecular weight excluding hydrogens is 611 g/mol. The fraction of sp³-hybridized carbons (Fsp3) is 0.487. The van der Waals surface area contributed by atoms with Gasteiger partial charge in [-0.2, -0.15) is 0 Å². The van der Waals surface area contributed by atoms with Crippen LogP contribution in [0.1, 0.15) is 70.5 Å². The van der Waals surface area contributed by atoms with Gasteiger partial charge in [0.15, 0.2) is 0 Å². The van der Waals surface area contributed by atoms with Crippen LogP contribution in [0.5, 0.6) is 0 Å². The van der Waals surface area contributed by atoms with Crippen LogP contribution in [0.2, 0.25) is 5.02 Å². The van der Waals surface area contributed by atoms with Crippen LogP contribution in [0.25, 0.3) is 0 Å². The number of benzene rings is 2. The maximum absolute atomic E-state index is 15.1. The van der Waals surface area contributed by atoms with Crippen LogP contribution in [0.4, 0.5) is 4.39 Å². The maximum Gasteiger partial charge on any atom is 0.245 e. The highest BCUT2D eigenvalue weighted by Gasteiger charge is 2.33. The predicted octanol–water partition coefficient (Wildman–Crippen LogP) is 7.62. The van der Waals surface area contributed by atoms with E-state index in [0.29, 0.717) is 49.6 Å². The number of nitrogens with zero attached hydrogens (tertiary/aromatic N) is 3. The second kappa shape index (κ2) is 19.5. The number of amides is 2. The Kier molecular flexibility index (Phi) is 15.9. The van der Waals surface area contributed by atoms with E-state index in [1.54, 1.807) is 24.3 Å². The topological polar surface area (TPSA) is 55.9 Å². The lowest BCUT2D eigenvalue weighted by atomic mass is 9.94. The van der Waals surface area contributed by atoms with Crippen molar-refractivity contribution in [3.05, 3.63) is 107 Å². The van der Waals surface area contributed by atoms with Crippen LogP contribution in [0, 0.1) is 11.7 Å². The first-order valence-electron chi connectivity index (χ1n) is 17.2. The minimum Gasteiger partial charge on any atom is -0.344 e. The van der Waals surface area contributed by atoms with Crippen molar-refractivity contribution in [3.8, 4) is 0 Å². The van der Waals surface area contributed by atoms with Crippen molar-refractivity contribution < 1.29 is 14.0 Å². The van der Waals surface area contributed by atoms with E-state index < -0.39 is 6.04 Å². The van der Waals surface area contributed by atoms with Crippen molar-refractivity contribution in [1.29, 1.82) is 0 Å². The SMILES string of the molecule is C=C/C(CC)=C(\C=C)CC(C)C(=O)NC(Cc1ccc(Cl)cc1)C(=O)N1CCN(C(CCCN(CC)CC)c2ccccc2F)CC1. The predicted molar refractivity (Wildman–Crippen MR) is 193 cm³/mol. The Hall–Kier alpha value is -3.26. The Morgan fingerprint density at radius 3 is 2.19 bits per heavy atom. The quantitative estimate of drug-likeness (QED) is 0.167. The van der Waals surface area contributed by atoms with Crippen LogP contribution in [-0.2, 0) is 16.0 Å². The molecule has 2 aromatic carbocycles. The molecule has 6 nitrogen and oxygen atoms in total. The average molecular weight is 665 g/mol. The number of hydrogen-bond acceptors (Lipinski definition) is 4. The number of allylic oxidation sites excluding steroid dienone is 4. The fourth-order valence-electron chi connectivity index (χ4n) is 6.44. The molecule has 1 fully saturated rings. The van der Waals surface area contributed by atoms with Gasteiger partial charge in [0.05, 0.1) is 0 Å². The lowest BCUT2D eigenvalue weighted by molar-refractivity contribution is -0.139. The summed E-state index contributed by atoms with van der Waals surface area (Å²) in [6.45, 7) is 21.3. The monoisotopic (exact) mass is 664 g/mol. The molecule has 3 atom stereocenters. The maximum atomic E-state index is 15.1. The third-order valence-electron chi connectivity index (χ3n) is 9.40. The molecular formula is C39H54ClFN4O2. The number of nitrogens with one attached hydrogen (secondary N) is 1. The molecule has 3 rings (SSSR count). The third-order valence-corrected chi connectivity index (χ3v) is 9.66. The smallest absolute Gasteiger partial charge is 0.245 e. The first kappa shape index (κ1) is 38.2. The number of halogens is 2. The van der Waals surface area contributed by atoms with Gasteiger partial charge in [-0.05, 0) is 80.2 Å². The van der Waals surface area contributed by atoms with E-state index >= 15 is 4.39 Å². The van der Waals surface area contributed by atoms with E-state index in [1.165, 1.54) is 6.07 Å². The Labute approximate surface area is 287 Å². The molecule has 1 aliphatic rings. The molecule has 47 heavy (non-hydrogen) atoms. The number of carbonyl (C=O) groups is 2. The zero-order valence-corrected chi connectivity index (χ0v) is 29.6. The summed E-state index contributed by atoms with van der Waals surface area (Å²) in [6, 6.07) is 13.6. The third kappa shape index (κ3) is 11.2. The highest BCUT2D eigenvalue weighted by atomic mass is 35.5. The van der Waals surface area contributed by atoms with Crippen LogP contribution in [0.15, 0.2) is 85.0 Å². The van der Waals surface area contributed by atoms with E-state index in [9.17, 15) is 9.59 Å². The van der Waals surface area contributed by atoms with E-state index in [4.69, 9.17) is 11.6 Å². The van der Waals surface area contributed by atoms with Gasteiger partial charge >= 0.3 is 0 Å². The zero-order valence-electron chi connectivity index (χ0n) is 28.8. The van der Waals surface area contributed by atoms with Crippen LogP contribution >= 0.6 is 11.6 Å². The Bertz CT molecular complexity index is 1350. The summed E-state index contributed by atoms with van der Waals surface area (Å²) < 4.78 is 15.1. The number of rotatable bonds is 18. The molecule has 8 heteroatoms. The van der Waals surface area contributed by atoms with Crippen LogP contribution in [0.3, 0.4) is 0 Å². The number of hydrogen-bond donors (Lipinski definition) is 1. The molecule has 0 radical (unpaired) electrons. The van der Waals surface area contributed by atoms with Crippen molar-refractivity contribution in [1.82, 2.24) is 20.0 Å². The molecule has 0 bridgehead atoms. The van der Waals surface area contributed by atoms with Gasteiger partial charge in [-0.25, -0.2) is 4.39 Å². The molecule has 0 aromatic heterocycles. The fourth-order valence-corrected chi connectivity index (χ4v) is 6.57. The molecule has 0 aliphatic carbocycles. The normalized spacial score (nSPS) is 16.3. The van der Waals surface area contributed by atoms with E-state index in [2.05, 4.69) is 49.0 Å². The molecule has 2 aromatic rings. The average Bonchev–Trinajstić information content (AvgIpc) is 3.09. The largest absolute Gasteiger partial charge is 0.344 e. The van der Waals surface area contributed by atoms with Crippen molar-refractivity contribution in [2.24, 2.45) is 5.92 Å². The molecule has 1 aliphatic heterocycles. The molecule has 1 heterocycles. The highest BCUT2D eigenvalue weighted by Crippen LogP contribution is 2.29. The molecule has 1 N–H and O–H groups in total. The van der Waals surface area contributed by atoms with Gasteiger partial charge in [0.1, 0.15) is 11.9 Å². The molecule has 2 amide bonds. The lowest BCUT2D eigenvalue weighted by Crippen LogP contribution is -2.56. The van der Waals surface area contributed by atoms with E-state index in [-0.39, 0.29) is 29.6 Å². The summed E-state index contributed by atoms with van der Waals surface area (Å²) in [5.74, 6) is -0.835. The second-order valence-electron chi connectivity index (χ2n) is 12.4. The van der Waals surface area contributed by atoms with Crippen molar-refractivity contribution in [2.75, 3.05) is 45.8 Å². The standard InChI is InChI=1S/C39H54ClFN4O2/c1-7-31(8-2)32(9-3)27-29(6)38(46)42-36(28-30-18-20-33(40)21-19-30)39(47)45-25-23-44(24-26-45)37(17-14-22-43(10-4)11-5)34-15-12-13-16-35(34)41/h7,9,12-13,15-16,18-21,29,36-37H,1,3,8,10-11,14,17,22-28H2,2,4-6H3,(H,42,46)/b32-31-. The van der Waals surface area contributed by atoms with Gasteiger partial charge in [-0.15, -0.1) is 0 Å². The minimum absolute atomic E-state index is 0.0647. The lowest BCUT2D eigenvalue weighted by Gasteiger charge is -2.41. The van der Waals surface area contributed by atoms with Gasteiger partial charge < -0.3 is 15.1 Å². The Balaban J connectivity index is 1.75. The van der Waals surface area contributed by atoms with Gasteiger partial charge in [-0.1, -0.05) is 94.9 Å². The van der Waals surface area contributed by atoms with Crippen LogP contribution < -0.4 is 5.32 Å². The molecule has 256 valence electrons. The summed E-state index contributed by atoms with van der Waals surface area (Å²) in [4.78, 5) is 34.2. The van der Waals surface area contributed by atoms with Crippen molar-refractivity contribution in [2.45, 2.75) is 71.9 Å². The Morgan fingerprint density at radius 1 is 0.979 bits per heavy atom. The first-order valence-corrected chi connectivity index (χ1v) is 17.5. The summed E-state index contributed by atoms with van der Waals surface area (Å²) in [6.07, 6.45) is 7.07. The van der Waals surface area contributed by atoms with E-state index in [0.717, 1.165) is 55.6 Å². The second-order valence-corrected chi connectivity index (χ2v) is 12.8. The van der Waals surface area contributed by atoms with Crippen molar-refractivity contribution >= 4 is 23.4 Å². The summed E-state index contributed by atoms with van der Waals surface area (Å²) in [7, 11) is 0. The minimum atomic E-state index is -0.727. The van der Waals surface area contributed by atoms with Gasteiger partial charge in [0.25, 0.3) is 0 Å². The summed E-state index contributed by atoms with van der Waals surface area (Å²) in [5, 5.41) is 3.70. The van der Waals surface area contributed by atoms with Crippen LogP contribution in [-0.4, -0.2) is 78.4 Å². The Morgan fingerprint density at radius 2 is 1.62 bits per heavy atom. The summed E-state index contributed by atoms with van der Waals surface area (Å²) >= 11 is 6.13.